The van der Waals surface area contributed by atoms with Crippen LogP contribution >= 0.6 is 0 Å². The number of ether oxygens (including phenoxy) is 1. The van der Waals surface area contributed by atoms with Gasteiger partial charge in [0.05, 0.1) is 0 Å². The highest BCUT2D eigenvalue weighted by atomic mass is 19.4. The number of halogens is 5. The normalized spacial score (nSPS) is 18.8. The Labute approximate surface area is 190 Å². The maximum Gasteiger partial charge on any atom is 0.573 e. The van der Waals surface area contributed by atoms with Crippen LogP contribution in [0, 0.1) is 17.6 Å². The highest BCUT2D eigenvalue weighted by Gasteiger charge is 2.32. The Balaban J connectivity index is 1.50. The topological polar surface area (TPSA) is 9.23 Å². The van der Waals surface area contributed by atoms with Gasteiger partial charge in [-0.15, -0.1) is 13.2 Å². The molecule has 0 aromatic heterocycles. The summed E-state index contributed by atoms with van der Waals surface area (Å²) in [6.45, 7) is 2.25. The minimum Gasteiger partial charge on any atom is -0.403 e. The molecule has 1 nitrogen and oxygen atoms in total. The van der Waals surface area contributed by atoms with E-state index in [0.717, 1.165) is 23.6 Å². The molecule has 1 fully saturated rings. The van der Waals surface area contributed by atoms with Crippen molar-refractivity contribution in [3.05, 3.63) is 77.9 Å². The average molecular weight is 460 g/mol. The van der Waals surface area contributed by atoms with Crippen molar-refractivity contribution in [2.45, 2.75) is 51.3 Å². The number of hydrogen-bond donors (Lipinski definition) is 0. The molecule has 0 heterocycles. The first-order valence-electron chi connectivity index (χ1n) is 11.2. The lowest BCUT2D eigenvalue weighted by Crippen LogP contribution is -2.17. The van der Waals surface area contributed by atoms with Gasteiger partial charge in [-0.05, 0) is 78.0 Å². The van der Waals surface area contributed by atoms with E-state index in [9.17, 15) is 22.0 Å². The molecule has 174 valence electrons. The standard InChI is InChI=1S/C27H25F5O/c1-2-17-3-5-18(6-4-17)19-7-9-20(10-8-19)21-11-13-23(24(28)15-21)22-12-14-26(25(29)16-22)33-27(30,31)32/h7-18H,2-6H2,1H3. The van der Waals surface area contributed by atoms with E-state index in [1.807, 2.05) is 12.1 Å². The molecule has 1 aliphatic carbocycles. The summed E-state index contributed by atoms with van der Waals surface area (Å²) in [6.07, 6.45) is 1.17. The second-order valence-corrected chi connectivity index (χ2v) is 8.64. The third kappa shape index (κ3) is 5.55. The van der Waals surface area contributed by atoms with Gasteiger partial charge >= 0.3 is 6.36 Å². The van der Waals surface area contributed by atoms with Gasteiger partial charge in [0, 0.05) is 5.56 Å². The molecule has 0 spiro atoms. The molecular formula is C27H25F5O. The predicted molar refractivity (Wildman–Crippen MR) is 119 cm³/mol. The third-order valence-corrected chi connectivity index (χ3v) is 6.58. The van der Waals surface area contributed by atoms with E-state index in [1.54, 1.807) is 6.07 Å². The van der Waals surface area contributed by atoms with Crippen molar-refractivity contribution >= 4 is 0 Å². The lowest BCUT2D eigenvalue weighted by Gasteiger charge is -2.28. The van der Waals surface area contributed by atoms with Gasteiger partial charge in [0.15, 0.2) is 11.6 Å². The summed E-state index contributed by atoms with van der Waals surface area (Å²) in [5.74, 6) is -1.34. The van der Waals surface area contributed by atoms with Crippen LogP contribution in [0.2, 0.25) is 0 Å². The molecule has 6 heteroatoms. The zero-order valence-corrected chi connectivity index (χ0v) is 18.3. The van der Waals surface area contributed by atoms with Crippen LogP contribution < -0.4 is 4.74 Å². The van der Waals surface area contributed by atoms with E-state index in [4.69, 9.17) is 0 Å². The second-order valence-electron chi connectivity index (χ2n) is 8.64. The monoisotopic (exact) mass is 460 g/mol. The van der Waals surface area contributed by atoms with Crippen LogP contribution in [0.15, 0.2) is 60.7 Å². The molecule has 0 unspecified atom stereocenters. The van der Waals surface area contributed by atoms with Crippen molar-refractivity contribution in [2.75, 3.05) is 0 Å². The molecule has 0 bridgehead atoms. The lowest BCUT2D eigenvalue weighted by molar-refractivity contribution is -0.275. The van der Waals surface area contributed by atoms with E-state index in [0.29, 0.717) is 11.5 Å². The van der Waals surface area contributed by atoms with Crippen LogP contribution in [0.5, 0.6) is 5.75 Å². The van der Waals surface area contributed by atoms with E-state index in [-0.39, 0.29) is 11.1 Å². The first-order chi connectivity index (χ1) is 15.7. The summed E-state index contributed by atoms with van der Waals surface area (Å²) in [5.41, 5.74) is 3.08. The largest absolute Gasteiger partial charge is 0.573 e. The van der Waals surface area contributed by atoms with Crippen LogP contribution in [-0.2, 0) is 0 Å². The number of hydrogen-bond acceptors (Lipinski definition) is 1. The molecule has 33 heavy (non-hydrogen) atoms. The molecule has 1 aliphatic rings. The minimum atomic E-state index is -5.00. The molecule has 3 aromatic carbocycles. The molecule has 0 amide bonds. The van der Waals surface area contributed by atoms with E-state index >= 15 is 0 Å². The summed E-state index contributed by atoms with van der Waals surface area (Å²) >= 11 is 0. The summed E-state index contributed by atoms with van der Waals surface area (Å²) < 4.78 is 69.5. The quantitative estimate of drug-likeness (QED) is 0.346. The van der Waals surface area contributed by atoms with E-state index in [1.165, 1.54) is 55.9 Å². The van der Waals surface area contributed by atoms with Gasteiger partial charge in [-0.1, -0.05) is 55.8 Å². The molecule has 4 rings (SSSR count). The molecule has 0 saturated heterocycles. The second kappa shape index (κ2) is 9.54. The lowest BCUT2D eigenvalue weighted by atomic mass is 9.77. The van der Waals surface area contributed by atoms with Crippen molar-refractivity contribution in [3.63, 3.8) is 0 Å². The molecule has 0 aliphatic heterocycles. The highest BCUT2D eigenvalue weighted by Crippen LogP contribution is 2.38. The van der Waals surface area contributed by atoms with Gasteiger partial charge in [0.1, 0.15) is 5.82 Å². The van der Waals surface area contributed by atoms with Crippen molar-refractivity contribution in [3.8, 4) is 28.0 Å². The Kier molecular flexibility index (Phi) is 6.73. The van der Waals surface area contributed by atoms with Crippen LogP contribution in [-0.4, -0.2) is 6.36 Å². The zero-order chi connectivity index (χ0) is 23.6. The van der Waals surface area contributed by atoms with Crippen molar-refractivity contribution in [1.82, 2.24) is 0 Å². The van der Waals surface area contributed by atoms with Crippen molar-refractivity contribution in [2.24, 2.45) is 5.92 Å². The number of benzene rings is 3. The number of rotatable bonds is 5. The Hall–Kier alpha value is -2.89. The van der Waals surface area contributed by atoms with Crippen molar-refractivity contribution in [1.29, 1.82) is 0 Å². The zero-order valence-electron chi connectivity index (χ0n) is 18.3. The molecule has 3 aromatic rings. The van der Waals surface area contributed by atoms with Gasteiger partial charge in [-0.3, -0.25) is 0 Å². The molecular weight excluding hydrogens is 435 g/mol. The van der Waals surface area contributed by atoms with Gasteiger partial charge < -0.3 is 4.74 Å². The molecule has 0 N–H and O–H groups in total. The summed E-state index contributed by atoms with van der Waals surface area (Å²) in [4.78, 5) is 0. The van der Waals surface area contributed by atoms with Crippen LogP contribution in [0.25, 0.3) is 22.3 Å². The summed E-state index contributed by atoms with van der Waals surface area (Å²) in [7, 11) is 0. The molecule has 1 saturated carbocycles. The number of alkyl halides is 3. The third-order valence-electron chi connectivity index (χ3n) is 6.58. The smallest absolute Gasteiger partial charge is 0.403 e. The Morgan fingerprint density at radius 1 is 0.758 bits per heavy atom. The fourth-order valence-corrected chi connectivity index (χ4v) is 4.66. The summed E-state index contributed by atoms with van der Waals surface area (Å²) in [5, 5.41) is 0. The predicted octanol–water partition coefficient (Wildman–Crippen LogP) is 8.88. The fourth-order valence-electron chi connectivity index (χ4n) is 4.66. The van der Waals surface area contributed by atoms with Crippen molar-refractivity contribution < 1.29 is 26.7 Å². The first kappa shape index (κ1) is 23.3. The fraction of sp³-hybridized carbons (Fsp3) is 0.333. The van der Waals surface area contributed by atoms with Gasteiger partial charge in [-0.25, -0.2) is 8.78 Å². The van der Waals surface area contributed by atoms with E-state index < -0.39 is 23.7 Å². The Morgan fingerprint density at radius 2 is 1.36 bits per heavy atom. The summed E-state index contributed by atoms with van der Waals surface area (Å²) in [6, 6.07) is 15.6. The SMILES string of the molecule is CCC1CCC(c2ccc(-c3ccc(-c4ccc(OC(F)(F)F)c(F)c4)c(F)c3)cc2)CC1. The Morgan fingerprint density at radius 3 is 1.94 bits per heavy atom. The average Bonchev–Trinajstić information content (AvgIpc) is 2.80. The van der Waals surface area contributed by atoms with Gasteiger partial charge in [-0.2, -0.15) is 0 Å². The highest BCUT2D eigenvalue weighted by molar-refractivity contribution is 5.71. The Bertz CT molecular complexity index is 1100. The maximum absolute atomic E-state index is 14.8. The van der Waals surface area contributed by atoms with Crippen LogP contribution in [0.4, 0.5) is 22.0 Å². The van der Waals surface area contributed by atoms with E-state index in [2.05, 4.69) is 23.8 Å². The molecule has 0 atom stereocenters. The molecule has 0 radical (unpaired) electrons. The maximum atomic E-state index is 14.8. The van der Waals surface area contributed by atoms with Crippen LogP contribution in [0.3, 0.4) is 0 Å². The first-order valence-corrected chi connectivity index (χ1v) is 11.2. The van der Waals surface area contributed by atoms with Gasteiger partial charge in [0.25, 0.3) is 0 Å². The van der Waals surface area contributed by atoms with Crippen LogP contribution in [0.1, 0.15) is 50.5 Å². The van der Waals surface area contributed by atoms with Gasteiger partial charge in [0.2, 0.25) is 0 Å². The minimum absolute atomic E-state index is 0.0977.